The van der Waals surface area contributed by atoms with Gasteiger partial charge in [0.1, 0.15) is 0 Å². The summed E-state index contributed by atoms with van der Waals surface area (Å²) in [7, 11) is 0. The molecular formula is C16H22Cl2N2O2. The lowest BCUT2D eigenvalue weighted by molar-refractivity contribution is 0.105. The molecule has 122 valence electrons. The van der Waals surface area contributed by atoms with Crippen molar-refractivity contribution in [2.75, 3.05) is 11.9 Å². The first-order valence-electron chi connectivity index (χ1n) is 7.68. The summed E-state index contributed by atoms with van der Waals surface area (Å²) in [5, 5.41) is 13.4. The molecule has 0 bridgehead atoms. The van der Waals surface area contributed by atoms with E-state index in [9.17, 15) is 9.90 Å². The highest BCUT2D eigenvalue weighted by Crippen LogP contribution is 2.27. The summed E-state index contributed by atoms with van der Waals surface area (Å²) in [5.41, 5.74) is 0.603. The van der Waals surface area contributed by atoms with Gasteiger partial charge in [-0.1, -0.05) is 42.5 Å². The Hall–Kier alpha value is -0.970. The number of urea groups is 1. The average molecular weight is 345 g/mol. The van der Waals surface area contributed by atoms with Gasteiger partial charge in [0, 0.05) is 18.3 Å². The summed E-state index contributed by atoms with van der Waals surface area (Å²) in [5.74, 6) is 0. The summed E-state index contributed by atoms with van der Waals surface area (Å²) >= 11 is 11.9. The molecule has 0 spiro atoms. The van der Waals surface area contributed by atoms with Crippen molar-refractivity contribution >= 4 is 34.9 Å². The van der Waals surface area contributed by atoms with Gasteiger partial charge in [-0.2, -0.15) is 0 Å². The summed E-state index contributed by atoms with van der Waals surface area (Å²) < 4.78 is 0. The van der Waals surface area contributed by atoms with E-state index in [1.807, 2.05) is 0 Å². The van der Waals surface area contributed by atoms with Gasteiger partial charge in [0.2, 0.25) is 0 Å². The molecule has 2 N–H and O–H groups in total. The van der Waals surface area contributed by atoms with E-state index in [0.717, 1.165) is 25.7 Å². The first-order valence-corrected chi connectivity index (χ1v) is 8.43. The number of carbonyl (C=O) groups is 1. The largest absolute Gasteiger partial charge is 0.392 e. The van der Waals surface area contributed by atoms with Crippen LogP contribution in [0.15, 0.2) is 18.2 Å². The Balaban J connectivity index is 2.08. The minimum atomic E-state index is -0.554. The van der Waals surface area contributed by atoms with E-state index in [2.05, 4.69) is 5.32 Å². The molecule has 2 rings (SSSR count). The molecule has 0 saturated heterocycles. The normalized spacial score (nSPS) is 17.1. The quantitative estimate of drug-likeness (QED) is 0.842. The van der Waals surface area contributed by atoms with E-state index in [-0.39, 0.29) is 12.1 Å². The van der Waals surface area contributed by atoms with Gasteiger partial charge >= 0.3 is 6.03 Å². The Kier molecular flexibility index (Phi) is 6.36. The zero-order valence-corrected chi connectivity index (χ0v) is 14.2. The predicted molar refractivity (Wildman–Crippen MR) is 90.7 cm³/mol. The first-order chi connectivity index (χ1) is 10.5. The van der Waals surface area contributed by atoms with Crippen LogP contribution in [0.1, 0.15) is 39.0 Å². The summed E-state index contributed by atoms with van der Waals surface area (Å²) in [6.07, 6.45) is 4.89. The summed E-state index contributed by atoms with van der Waals surface area (Å²) in [6.45, 7) is 2.03. The maximum Gasteiger partial charge on any atom is 0.322 e. The van der Waals surface area contributed by atoms with Crippen molar-refractivity contribution in [2.45, 2.75) is 51.2 Å². The van der Waals surface area contributed by atoms with Gasteiger partial charge in [-0.05, 0) is 38.0 Å². The number of carbonyl (C=O) groups excluding carboxylic acids is 1. The van der Waals surface area contributed by atoms with Crippen LogP contribution in [-0.2, 0) is 0 Å². The number of nitrogens with zero attached hydrogens (tertiary/aromatic N) is 1. The minimum Gasteiger partial charge on any atom is -0.392 e. The highest BCUT2D eigenvalue weighted by Gasteiger charge is 2.26. The lowest BCUT2D eigenvalue weighted by Crippen LogP contribution is -2.47. The Morgan fingerprint density at radius 2 is 2.00 bits per heavy atom. The maximum absolute atomic E-state index is 12.6. The Morgan fingerprint density at radius 3 is 2.59 bits per heavy atom. The molecule has 0 heterocycles. The number of nitrogens with one attached hydrogen (secondary N) is 1. The van der Waals surface area contributed by atoms with E-state index < -0.39 is 6.10 Å². The third-order valence-electron chi connectivity index (χ3n) is 3.91. The second-order valence-electron chi connectivity index (χ2n) is 5.85. The van der Waals surface area contributed by atoms with Gasteiger partial charge in [-0.15, -0.1) is 0 Å². The van der Waals surface area contributed by atoms with Crippen LogP contribution in [0.25, 0.3) is 0 Å². The molecule has 0 radical (unpaired) electrons. The molecule has 1 unspecified atom stereocenters. The number of amides is 2. The van der Waals surface area contributed by atoms with Crippen LogP contribution in [0.3, 0.4) is 0 Å². The molecule has 1 fully saturated rings. The zero-order chi connectivity index (χ0) is 16.1. The fourth-order valence-electron chi connectivity index (χ4n) is 2.84. The molecule has 0 aromatic heterocycles. The van der Waals surface area contributed by atoms with Crippen LogP contribution in [-0.4, -0.2) is 34.7 Å². The molecule has 1 aromatic rings. The molecule has 1 atom stereocenters. The van der Waals surface area contributed by atoms with Crippen molar-refractivity contribution in [1.82, 2.24) is 4.90 Å². The number of hydrogen-bond acceptors (Lipinski definition) is 2. The van der Waals surface area contributed by atoms with Gasteiger partial charge in [-0.3, -0.25) is 0 Å². The molecule has 4 nitrogen and oxygen atoms in total. The Labute approximate surface area is 141 Å². The van der Waals surface area contributed by atoms with E-state index >= 15 is 0 Å². The van der Waals surface area contributed by atoms with Crippen molar-refractivity contribution in [3.8, 4) is 0 Å². The lowest BCUT2D eigenvalue weighted by atomic mass is 9.94. The second kappa shape index (κ2) is 8.04. The number of hydrogen-bond donors (Lipinski definition) is 2. The maximum atomic E-state index is 12.6. The third kappa shape index (κ3) is 4.77. The molecule has 1 saturated carbocycles. The van der Waals surface area contributed by atoms with E-state index in [4.69, 9.17) is 23.2 Å². The Bertz CT molecular complexity index is 517. The van der Waals surface area contributed by atoms with Crippen LogP contribution in [0.4, 0.5) is 10.5 Å². The number of halogens is 2. The van der Waals surface area contributed by atoms with Crippen LogP contribution in [0.5, 0.6) is 0 Å². The number of aliphatic hydroxyl groups is 1. The van der Waals surface area contributed by atoms with Crippen molar-refractivity contribution in [2.24, 2.45) is 0 Å². The lowest BCUT2D eigenvalue weighted by Gasteiger charge is -2.35. The Morgan fingerprint density at radius 1 is 1.32 bits per heavy atom. The monoisotopic (exact) mass is 344 g/mol. The van der Waals surface area contributed by atoms with Gasteiger partial charge < -0.3 is 15.3 Å². The number of anilines is 1. The van der Waals surface area contributed by atoms with Crippen LogP contribution >= 0.6 is 23.2 Å². The predicted octanol–water partition coefficient (Wildman–Crippen LogP) is 4.54. The van der Waals surface area contributed by atoms with Crippen molar-refractivity contribution in [3.63, 3.8) is 0 Å². The standard InChI is InChI=1S/C16H22Cl2N2O2/c1-11(21)10-20(13-5-3-2-4-6-13)16(22)19-12-7-8-14(17)15(18)9-12/h7-9,11,13,21H,2-6,10H2,1H3,(H,19,22). The summed E-state index contributed by atoms with van der Waals surface area (Å²) in [4.78, 5) is 14.3. The van der Waals surface area contributed by atoms with E-state index in [1.54, 1.807) is 30.0 Å². The van der Waals surface area contributed by atoms with Gasteiger partial charge in [0.05, 0.1) is 16.1 Å². The molecule has 2 amide bonds. The second-order valence-corrected chi connectivity index (χ2v) is 6.67. The SMILES string of the molecule is CC(O)CN(C(=O)Nc1ccc(Cl)c(Cl)c1)C1CCCCC1. The van der Waals surface area contributed by atoms with Crippen molar-refractivity contribution in [1.29, 1.82) is 0 Å². The topological polar surface area (TPSA) is 52.6 Å². The fraction of sp³-hybridized carbons (Fsp3) is 0.562. The summed E-state index contributed by atoms with van der Waals surface area (Å²) in [6, 6.07) is 4.98. The van der Waals surface area contributed by atoms with Gasteiger partial charge in [0.15, 0.2) is 0 Å². The highest BCUT2D eigenvalue weighted by molar-refractivity contribution is 6.42. The first kappa shape index (κ1) is 17.4. The molecule has 6 heteroatoms. The minimum absolute atomic E-state index is 0.186. The molecule has 1 aliphatic carbocycles. The molecule has 1 aliphatic rings. The van der Waals surface area contributed by atoms with Gasteiger partial charge in [-0.25, -0.2) is 4.79 Å². The molecule has 0 aliphatic heterocycles. The van der Waals surface area contributed by atoms with Crippen molar-refractivity contribution in [3.05, 3.63) is 28.2 Å². The van der Waals surface area contributed by atoms with Crippen LogP contribution in [0.2, 0.25) is 10.0 Å². The van der Waals surface area contributed by atoms with E-state index in [0.29, 0.717) is 22.3 Å². The average Bonchev–Trinajstić information content (AvgIpc) is 2.49. The van der Waals surface area contributed by atoms with Gasteiger partial charge in [0.25, 0.3) is 0 Å². The highest BCUT2D eigenvalue weighted by atomic mass is 35.5. The zero-order valence-electron chi connectivity index (χ0n) is 12.7. The molecule has 22 heavy (non-hydrogen) atoms. The van der Waals surface area contributed by atoms with E-state index in [1.165, 1.54) is 6.42 Å². The number of benzene rings is 1. The third-order valence-corrected chi connectivity index (χ3v) is 4.65. The smallest absolute Gasteiger partial charge is 0.322 e. The number of rotatable bonds is 4. The van der Waals surface area contributed by atoms with Crippen molar-refractivity contribution < 1.29 is 9.90 Å². The van der Waals surface area contributed by atoms with Crippen LogP contribution < -0.4 is 5.32 Å². The fourth-order valence-corrected chi connectivity index (χ4v) is 3.14. The number of aliphatic hydroxyl groups excluding tert-OH is 1. The molecule has 1 aromatic carbocycles. The van der Waals surface area contributed by atoms with Crippen LogP contribution in [0, 0.1) is 0 Å². The molecular weight excluding hydrogens is 323 g/mol.